The molecule has 28 heavy (non-hydrogen) atoms. The number of benzene rings is 1. The number of nitrogen functional groups attached to an aromatic ring is 1. The van der Waals surface area contributed by atoms with Crippen LogP contribution in [0, 0.1) is 10.1 Å². The Hall–Kier alpha value is -3.12. The van der Waals surface area contributed by atoms with Gasteiger partial charge in [-0.25, -0.2) is 4.98 Å². The quantitative estimate of drug-likeness (QED) is 0.216. The summed E-state index contributed by atoms with van der Waals surface area (Å²) in [5, 5.41) is 13.3. The summed E-state index contributed by atoms with van der Waals surface area (Å²) in [7, 11) is 0. The second kappa shape index (κ2) is 8.27. The number of amides is 1. The minimum atomic E-state index is -0.643. The number of nitrogens with zero attached hydrogens (tertiary/aromatic N) is 2. The first-order valence-electron chi connectivity index (χ1n) is 7.66. The highest BCUT2D eigenvalue weighted by atomic mass is 79.9. The maximum absolute atomic E-state index is 12.2. The zero-order valence-electron chi connectivity index (χ0n) is 14.0. The second-order valence-electron chi connectivity index (χ2n) is 5.40. The van der Waals surface area contributed by atoms with E-state index in [1.807, 2.05) is 0 Å². The number of carbonyl (C=O) groups excluding carboxylic acids is 1. The lowest BCUT2D eigenvalue weighted by Crippen LogP contribution is -2.22. The van der Waals surface area contributed by atoms with Gasteiger partial charge < -0.3 is 15.5 Å². The predicted octanol–water partition coefficient (Wildman–Crippen LogP) is 3.16. The Bertz CT molecular complexity index is 1100. The molecule has 2 heterocycles. The van der Waals surface area contributed by atoms with Gasteiger partial charge in [-0.1, -0.05) is 23.9 Å². The Morgan fingerprint density at radius 1 is 1.32 bits per heavy atom. The number of rotatable bonds is 6. The summed E-state index contributed by atoms with van der Waals surface area (Å²) in [6, 6.07) is 8.99. The largest absolute Gasteiger partial charge is 0.444 e. The number of aromatic nitrogens is 2. The Kier molecular flexibility index (Phi) is 5.80. The van der Waals surface area contributed by atoms with Crippen molar-refractivity contribution >= 4 is 50.8 Å². The molecule has 3 aromatic rings. The Morgan fingerprint density at radius 3 is 2.61 bits per heavy atom. The van der Waals surface area contributed by atoms with Crippen molar-refractivity contribution in [3.05, 3.63) is 72.9 Å². The molecule has 0 atom stereocenters. The number of nitro benzene ring substituents is 1. The molecule has 3 rings (SSSR count). The Morgan fingerprint density at radius 2 is 2.04 bits per heavy atom. The van der Waals surface area contributed by atoms with Crippen LogP contribution >= 0.6 is 27.7 Å². The number of non-ortho nitro benzene ring substituents is 1. The van der Waals surface area contributed by atoms with Crippen molar-refractivity contribution in [3.8, 4) is 0 Å². The van der Waals surface area contributed by atoms with Crippen molar-refractivity contribution in [2.45, 2.75) is 10.9 Å². The summed E-state index contributed by atoms with van der Waals surface area (Å²) < 4.78 is 5.49. The summed E-state index contributed by atoms with van der Waals surface area (Å²) in [6.07, 6.45) is 0. The molecule has 0 aliphatic heterocycles. The van der Waals surface area contributed by atoms with E-state index in [-0.39, 0.29) is 28.1 Å². The molecular formula is C16H12BrN5O5S. The van der Waals surface area contributed by atoms with Crippen molar-refractivity contribution in [2.75, 3.05) is 11.1 Å². The van der Waals surface area contributed by atoms with Gasteiger partial charge >= 0.3 is 0 Å². The molecule has 0 bridgehead atoms. The van der Waals surface area contributed by atoms with Gasteiger partial charge in [-0.3, -0.25) is 24.7 Å². The van der Waals surface area contributed by atoms with Gasteiger partial charge in [0.25, 0.3) is 17.2 Å². The fourth-order valence-corrected chi connectivity index (χ4v) is 3.27. The number of halogens is 1. The summed E-state index contributed by atoms with van der Waals surface area (Å²) in [5.74, 6) is -0.376. The first kappa shape index (κ1) is 19.6. The van der Waals surface area contributed by atoms with Crippen LogP contribution in [0.15, 0.2) is 55.4 Å². The number of thioether (sulfide) groups is 1. The predicted molar refractivity (Wildman–Crippen MR) is 106 cm³/mol. The fourth-order valence-electron chi connectivity index (χ4n) is 2.14. The minimum absolute atomic E-state index is 0.00213. The van der Waals surface area contributed by atoms with Crippen molar-refractivity contribution < 1.29 is 14.1 Å². The number of hydrogen-bond donors (Lipinski definition) is 3. The van der Waals surface area contributed by atoms with Gasteiger partial charge in [-0.2, -0.15) is 0 Å². The third-order valence-electron chi connectivity index (χ3n) is 3.48. The summed E-state index contributed by atoms with van der Waals surface area (Å²) in [4.78, 5) is 41.1. The number of nitro groups is 1. The van der Waals surface area contributed by atoms with Crippen LogP contribution in [0.2, 0.25) is 0 Å². The lowest BCUT2D eigenvalue weighted by Gasteiger charge is -2.07. The molecule has 144 valence electrons. The van der Waals surface area contributed by atoms with Crippen LogP contribution in [0.25, 0.3) is 0 Å². The van der Waals surface area contributed by atoms with E-state index in [4.69, 9.17) is 10.2 Å². The number of nitrogens with one attached hydrogen (secondary N) is 2. The monoisotopic (exact) mass is 465 g/mol. The molecule has 0 saturated heterocycles. The molecule has 0 radical (unpaired) electrons. The maximum Gasteiger partial charge on any atom is 0.291 e. The second-order valence-corrected chi connectivity index (χ2v) is 7.15. The smallest absolute Gasteiger partial charge is 0.291 e. The lowest BCUT2D eigenvalue weighted by molar-refractivity contribution is -0.384. The highest BCUT2D eigenvalue weighted by molar-refractivity contribution is 9.10. The van der Waals surface area contributed by atoms with Crippen LogP contribution in [-0.4, -0.2) is 20.8 Å². The zero-order chi connectivity index (χ0) is 20.3. The van der Waals surface area contributed by atoms with Gasteiger partial charge in [0.1, 0.15) is 0 Å². The number of H-pyrrole nitrogens is 1. The van der Waals surface area contributed by atoms with E-state index in [1.165, 1.54) is 30.0 Å². The Balaban J connectivity index is 1.70. The molecule has 4 N–H and O–H groups in total. The van der Waals surface area contributed by atoms with Crippen LogP contribution in [0.3, 0.4) is 0 Å². The first-order chi connectivity index (χ1) is 13.3. The number of hydrogen-bond acceptors (Lipinski definition) is 8. The van der Waals surface area contributed by atoms with Crippen LogP contribution in [0.4, 0.5) is 17.2 Å². The molecule has 0 unspecified atom stereocenters. The van der Waals surface area contributed by atoms with Gasteiger partial charge in [0.05, 0.1) is 4.92 Å². The third kappa shape index (κ3) is 4.58. The average molecular weight is 466 g/mol. The molecule has 0 spiro atoms. The maximum atomic E-state index is 12.2. The SMILES string of the molecule is Nc1nc(SCc2ccc([N+](=O)[O-])cc2)[nH]c(=O)c1NC(=O)c1ccc(Br)o1. The molecule has 1 amide bonds. The van der Waals surface area contributed by atoms with Crippen molar-refractivity contribution in [2.24, 2.45) is 0 Å². The van der Waals surface area contributed by atoms with E-state index in [2.05, 4.69) is 31.2 Å². The van der Waals surface area contributed by atoms with E-state index in [0.717, 1.165) is 5.56 Å². The summed E-state index contributed by atoms with van der Waals surface area (Å²) >= 11 is 4.27. The topological polar surface area (TPSA) is 157 Å². The number of carbonyl (C=O) groups is 1. The highest BCUT2D eigenvalue weighted by Crippen LogP contribution is 2.23. The first-order valence-corrected chi connectivity index (χ1v) is 9.44. The lowest BCUT2D eigenvalue weighted by atomic mass is 10.2. The average Bonchev–Trinajstić information content (AvgIpc) is 3.09. The normalized spacial score (nSPS) is 10.6. The van der Waals surface area contributed by atoms with Crippen LogP contribution in [-0.2, 0) is 5.75 Å². The summed E-state index contributed by atoms with van der Waals surface area (Å²) in [6.45, 7) is 0. The van der Waals surface area contributed by atoms with E-state index in [0.29, 0.717) is 10.4 Å². The van der Waals surface area contributed by atoms with Gasteiger partial charge in [0, 0.05) is 17.9 Å². The van der Waals surface area contributed by atoms with Gasteiger partial charge in [-0.05, 0) is 33.6 Å². The van der Waals surface area contributed by atoms with E-state index in [9.17, 15) is 19.7 Å². The molecular weight excluding hydrogens is 454 g/mol. The molecule has 0 aliphatic carbocycles. The molecule has 12 heteroatoms. The number of nitrogens with two attached hydrogens (primary N) is 1. The number of anilines is 2. The standard InChI is InChI=1S/C16H12BrN5O5S/c17-11-6-5-10(27-11)14(23)19-12-13(18)20-16(21-15(12)24)28-7-8-1-3-9(4-2-8)22(25)26/h1-6H,7H2,(H,19,23)(H3,18,20,21,24). The molecule has 0 saturated carbocycles. The van der Waals surface area contributed by atoms with Gasteiger partial charge in [0.15, 0.2) is 27.1 Å². The van der Waals surface area contributed by atoms with E-state index >= 15 is 0 Å². The van der Waals surface area contributed by atoms with Crippen LogP contribution in [0.5, 0.6) is 0 Å². The zero-order valence-corrected chi connectivity index (χ0v) is 16.4. The van der Waals surface area contributed by atoms with E-state index < -0.39 is 16.4 Å². The molecule has 0 fully saturated rings. The number of aromatic amines is 1. The van der Waals surface area contributed by atoms with Crippen molar-refractivity contribution in [3.63, 3.8) is 0 Å². The highest BCUT2D eigenvalue weighted by Gasteiger charge is 2.16. The number of furan rings is 1. The fraction of sp³-hybridized carbons (Fsp3) is 0.0625. The van der Waals surface area contributed by atoms with Crippen LogP contribution < -0.4 is 16.6 Å². The third-order valence-corrected chi connectivity index (χ3v) is 4.85. The molecule has 10 nitrogen and oxygen atoms in total. The van der Waals surface area contributed by atoms with E-state index in [1.54, 1.807) is 18.2 Å². The van der Waals surface area contributed by atoms with Crippen molar-refractivity contribution in [1.82, 2.24) is 9.97 Å². The minimum Gasteiger partial charge on any atom is -0.444 e. The van der Waals surface area contributed by atoms with Gasteiger partial charge in [0.2, 0.25) is 0 Å². The summed E-state index contributed by atoms with van der Waals surface area (Å²) in [5.41, 5.74) is 5.80. The van der Waals surface area contributed by atoms with Crippen molar-refractivity contribution in [1.29, 1.82) is 0 Å². The molecule has 0 aliphatic rings. The van der Waals surface area contributed by atoms with Gasteiger partial charge in [-0.15, -0.1) is 0 Å². The molecule has 2 aromatic heterocycles. The Labute approximate surface area is 169 Å². The molecule has 1 aromatic carbocycles. The van der Waals surface area contributed by atoms with Crippen LogP contribution in [0.1, 0.15) is 16.1 Å².